The van der Waals surface area contributed by atoms with Gasteiger partial charge in [0.05, 0.1) is 6.61 Å². The van der Waals surface area contributed by atoms with Crippen LogP contribution in [0.2, 0.25) is 0 Å². The minimum absolute atomic E-state index is 0.0527. The molecule has 0 heterocycles. The highest BCUT2D eigenvalue weighted by molar-refractivity contribution is 5.72. The Morgan fingerprint density at radius 3 is 3.00 bits per heavy atom. The first-order chi connectivity index (χ1) is 4.81. The van der Waals surface area contributed by atoms with Crippen molar-refractivity contribution >= 4 is 5.97 Å². The Hall–Kier alpha value is -1.23. The number of carbonyl (C=O) groups excluding carboxylic acids is 1. The Morgan fingerprint density at radius 2 is 2.50 bits per heavy atom. The van der Waals surface area contributed by atoms with Crippen molar-refractivity contribution in [3.05, 3.63) is 12.7 Å². The molecule has 0 spiro atoms. The first-order valence-electron chi connectivity index (χ1n) is 3.01. The lowest BCUT2D eigenvalue weighted by Crippen LogP contribution is -2.03. The fraction of sp³-hybridized carbons (Fsp3) is 0.375. The average Bonchev–Trinajstić information content (AvgIpc) is 1.89. The largest absolute Gasteiger partial charge is 0.465 e. The van der Waals surface area contributed by atoms with Crippen LogP contribution in [-0.2, 0) is 9.53 Å². The third-order valence-corrected chi connectivity index (χ3v) is 0.831. The lowest BCUT2D eigenvalue weighted by Gasteiger charge is -1.97. The fourth-order valence-electron chi connectivity index (χ4n) is 0.390. The van der Waals surface area contributed by atoms with Gasteiger partial charge < -0.3 is 4.74 Å². The summed E-state index contributed by atoms with van der Waals surface area (Å²) in [5.41, 5.74) is 0. The molecule has 0 fully saturated rings. The number of hydrogen-bond donors (Lipinski definition) is 0. The second-order valence-corrected chi connectivity index (χ2v) is 1.68. The summed E-state index contributed by atoms with van der Waals surface area (Å²) in [6.45, 7) is 3.85. The van der Waals surface area contributed by atoms with Crippen molar-refractivity contribution in [3.63, 3.8) is 0 Å². The highest BCUT2D eigenvalue weighted by Crippen LogP contribution is 1.87. The van der Waals surface area contributed by atoms with Crippen molar-refractivity contribution in [1.82, 2.24) is 0 Å². The summed E-state index contributed by atoms with van der Waals surface area (Å²) in [6, 6.07) is 0. The number of terminal acetylenes is 1. The van der Waals surface area contributed by atoms with Gasteiger partial charge in [0.2, 0.25) is 0 Å². The van der Waals surface area contributed by atoms with Gasteiger partial charge in [0.15, 0.2) is 0 Å². The first kappa shape index (κ1) is 8.77. The second-order valence-electron chi connectivity index (χ2n) is 1.68. The van der Waals surface area contributed by atoms with Crippen molar-refractivity contribution in [2.75, 3.05) is 6.61 Å². The molecule has 2 heteroatoms. The summed E-state index contributed by atoms with van der Waals surface area (Å²) < 4.78 is 4.67. The highest BCUT2D eigenvalue weighted by Gasteiger charge is 1.96. The third-order valence-electron chi connectivity index (χ3n) is 0.831. The molecule has 0 bridgehead atoms. The molecule has 0 aromatic carbocycles. The van der Waals surface area contributed by atoms with Crippen LogP contribution in [0.15, 0.2) is 12.7 Å². The average molecular weight is 138 g/mol. The maximum atomic E-state index is 10.5. The minimum Gasteiger partial charge on any atom is -0.465 e. The molecule has 0 N–H and O–H groups in total. The summed E-state index contributed by atoms with van der Waals surface area (Å²) in [6.07, 6.45) is 7.28. The lowest BCUT2D eigenvalue weighted by atomic mass is 10.4. The summed E-state index contributed by atoms with van der Waals surface area (Å²) in [7, 11) is 0. The molecule has 2 nitrogen and oxygen atoms in total. The van der Waals surface area contributed by atoms with E-state index in [1.165, 1.54) is 0 Å². The van der Waals surface area contributed by atoms with Gasteiger partial charge in [-0.2, -0.15) is 0 Å². The van der Waals surface area contributed by atoms with Crippen LogP contribution < -0.4 is 0 Å². The molecule has 0 unspecified atom stereocenters. The van der Waals surface area contributed by atoms with E-state index < -0.39 is 0 Å². The predicted octanol–water partition coefficient (Wildman–Crippen LogP) is 1.13. The Kier molecular flexibility index (Phi) is 5.17. The van der Waals surface area contributed by atoms with Gasteiger partial charge in [0.1, 0.15) is 6.42 Å². The zero-order chi connectivity index (χ0) is 7.82. The van der Waals surface area contributed by atoms with Crippen molar-refractivity contribution in [2.24, 2.45) is 0 Å². The normalized spacial score (nSPS) is 7.90. The first-order valence-corrected chi connectivity index (χ1v) is 3.01. The van der Waals surface area contributed by atoms with Crippen LogP contribution >= 0.6 is 0 Å². The monoisotopic (exact) mass is 138 g/mol. The molecule has 10 heavy (non-hydrogen) atoms. The van der Waals surface area contributed by atoms with Gasteiger partial charge in [-0.3, -0.25) is 4.79 Å². The molecule has 0 aromatic rings. The van der Waals surface area contributed by atoms with Crippen molar-refractivity contribution in [3.8, 4) is 12.3 Å². The highest BCUT2D eigenvalue weighted by atomic mass is 16.5. The van der Waals surface area contributed by atoms with Gasteiger partial charge in [-0.15, -0.1) is 13.0 Å². The minimum atomic E-state index is -0.343. The van der Waals surface area contributed by atoms with E-state index in [9.17, 15) is 4.79 Å². The van der Waals surface area contributed by atoms with Crippen LogP contribution in [0.5, 0.6) is 0 Å². The zero-order valence-corrected chi connectivity index (χ0v) is 5.80. The summed E-state index contributed by atoms with van der Waals surface area (Å²) in [5.74, 6) is 1.85. The molecule has 0 saturated heterocycles. The van der Waals surface area contributed by atoms with Crippen LogP contribution in [0, 0.1) is 12.3 Å². The topological polar surface area (TPSA) is 26.3 Å². The van der Waals surface area contributed by atoms with Crippen LogP contribution in [0.25, 0.3) is 0 Å². The van der Waals surface area contributed by atoms with Crippen LogP contribution in [-0.4, -0.2) is 12.6 Å². The van der Waals surface area contributed by atoms with Gasteiger partial charge >= 0.3 is 5.97 Å². The number of hydrogen-bond acceptors (Lipinski definition) is 2. The molecule has 0 aromatic heterocycles. The Morgan fingerprint density at radius 1 is 1.80 bits per heavy atom. The van der Waals surface area contributed by atoms with Crippen LogP contribution in [0.1, 0.15) is 12.8 Å². The summed E-state index contributed by atoms with van der Waals surface area (Å²) in [5, 5.41) is 0. The SMILES string of the molecule is C#CCC(=O)OCCC=C. The second kappa shape index (κ2) is 5.90. The molecule has 0 aliphatic carbocycles. The van der Waals surface area contributed by atoms with Gasteiger partial charge in [-0.05, 0) is 6.42 Å². The van der Waals surface area contributed by atoms with Gasteiger partial charge in [-0.1, -0.05) is 12.0 Å². The van der Waals surface area contributed by atoms with Crippen molar-refractivity contribution in [1.29, 1.82) is 0 Å². The molecule has 0 saturated carbocycles. The Balaban J connectivity index is 3.23. The summed E-state index contributed by atoms with van der Waals surface area (Å²) in [4.78, 5) is 10.5. The van der Waals surface area contributed by atoms with Gasteiger partial charge in [0.25, 0.3) is 0 Å². The Bertz CT molecular complexity index is 153. The van der Waals surface area contributed by atoms with Gasteiger partial charge in [0, 0.05) is 0 Å². The van der Waals surface area contributed by atoms with Gasteiger partial charge in [-0.25, -0.2) is 0 Å². The number of ether oxygens (including phenoxy) is 1. The molecule has 0 aliphatic rings. The maximum absolute atomic E-state index is 10.5. The van der Waals surface area contributed by atoms with E-state index in [0.717, 1.165) is 0 Å². The van der Waals surface area contributed by atoms with E-state index in [1.807, 2.05) is 0 Å². The number of rotatable bonds is 4. The van der Waals surface area contributed by atoms with Crippen LogP contribution in [0.4, 0.5) is 0 Å². The van der Waals surface area contributed by atoms with E-state index in [4.69, 9.17) is 6.42 Å². The summed E-state index contributed by atoms with van der Waals surface area (Å²) >= 11 is 0. The van der Waals surface area contributed by atoms with E-state index in [2.05, 4.69) is 17.2 Å². The zero-order valence-electron chi connectivity index (χ0n) is 5.80. The molecular formula is C8H10O2. The third kappa shape index (κ3) is 4.92. The van der Waals surface area contributed by atoms with Crippen molar-refractivity contribution in [2.45, 2.75) is 12.8 Å². The smallest absolute Gasteiger partial charge is 0.317 e. The van der Waals surface area contributed by atoms with E-state index in [-0.39, 0.29) is 12.4 Å². The van der Waals surface area contributed by atoms with E-state index in [0.29, 0.717) is 13.0 Å². The molecular weight excluding hydrogens is 128 g/mol. The maximum Gasteiger partial charge on any atom is 0.317 e. The Labute approximate surface area is 60.9 Å². The number of esters is 1. The quantitative estimate of drug-likeness (QED) is 0.252. The molecule has 0 radical (unpaired) electrons. The van der Waals surface area contributed by atoms with E-state index >= 15 is 0 Å². The molecule has 0 rings (SSSR count). The molecule has 0 atom stereocenters. The molecule has 54 valence electrons. The van der Waals surface area contributed by atoms with Crippen molar-refractivity contribution < 1.29 is 9.53 Å². The fourth-order valence-corrected chi connectivity index (χ4v) is 0.390. The predicted molar refractivity (Wildman–Crippen MR) is 39.2 cm³/mol. The molecule has 0 amide bonds. The lowest BCUT2D eigenvalue weighted by molar-refractivity contribution is -0.142. The van der Waals surface area contributed by atoms with Crippen LogP contribution in [0.3, 0.4) is 0 Å². The molecule has 0 aliphatic heterocycles. The standard InChI is InChI=1S/C8H10O2/c1-3-5-7-10-8(9)6-4-2/h2-3H,1,5-7H2. The number of carbonyl (C=O) groups is 1. The van der Waals surface area contributed by atoms with E-state index in [1.54, 1.807) is 6.08 Å².